The number of rotatable bonds is 6. The molecule has 4 atom stereocenters. The summed E-state index contributed by atoms with van der Waals surface area (Å²) in [5.74, 6) is 4.05. The molecule has 1 aromatic heterocycles. The standard InChI is InChI=1S/C17H27NO/c1-3-6-18-17(16-7-12(2)19-11-16)10-15-9-13-4-5-14(15)8-13/h7,11,13-15,17-18H,3-6,8-10H2,1-2H3. The maximum atomic E-state index is 5.51. The van der Waals surface area contributed by atoms with Gasteiger partial charge in [-0.2, -0.15) is 0 Å². The van der Waals surface area contributed by atoms with E-state index in [1.165, 1.54) is 44.1 Å². The Morgan fingerprint density at radius 1 is 1.37 bits per heavy atom. The highest BCUT2D eigenvalue weighted by Gasteiger charge is 2.40. The minimum atomic E-state index is 0.502. The smallest absolute Gasteiger partial charge is 0.101 e. The lowest BCUT2D eigenvalue weighted by Crippen LogP contribution is -2.26. The molecule has 1 N–H and O–H groups in total. The summed E-state index contributed by atoms with van der Waals surface area (Å²) in [6, 6.07) is 2.71. The van der Waals surface area contributed by atoms with E-state index >= 15 is 0 Å². The van der Waals surface area contributed by atoms with E-state index in [2.05, 4.69) is 18.3 Å². The van der Waals surface area contributed by atoms with Crippen molar-refractivity contribution in [1.82, 2.24) is 5.32 Å². The number of hydrogen-bond acceptors (Lipinski definition) is 2. The monoisotopic (exact) mass is 261 g/mol. The van der Waals surface area contributed by atoms with Gasteiger partial charge in [0.15, 0.2) is 0 Å². The second kappa shape index (κ2) is 5.70. The molecule has 0 spiro atoms. The molecule has 1 heterocycles. The summed E-state index contributed by atoms with van der Waals surface area (Å²) in [7, 11) is 0. The number of aryl methyl sites for hydroxylation is 1. The lowest BCUT2D eigenvalue weighted by molar-refractivity contribution is 0.278. The van der Waals surface area contributed by atoms with Crippen LogP contribution in [-0.4, -0.2) is 6.54 Å². The number of furan rings is 1. The topological polar surface area (TPSA) is 25.2 Å². The van der Waals surface area contributed by atoms with Gasteiger partial charge in [0.25, 0.3) is 0 Å². The molecular weight excluding hydrogens is 234 g/mol. The van der Waals surface area contributed by atoms with Crippen molar-refractivity contribution in [3.05, 3.63) is 23.7 Å². The molecule has 0 radical (unpaired) electrons. The van der Waals surface area contributed by atoms with Gasteiger partial charge in [-0.1, -0.05) is 13.3 Å². The summed E-state index contributed by atoms with van der Waals surface area (Å²) in [5, 5.41) is 3.73. The first-order valence-corrected chi connectivity index (χ1v) is 8.04. The Hall–Kier alpha value is -0.760. The summed E-state index contributed by atoms with van der Waals surface area (Å²) in [6.07, 6.45) is 10.4. The van der Waals surface area contributed by atoms with E-state index in [-0.39, 0.29) is 0 Å². The minimum Gasteiger partial charge on any atom is -0.469 e. The van der Waals surface area contributed by atoms with E-state index in [1.54, 1.807) is 0 Å². The summed E-state index contributed by atoms with van der Waals surface area (Å²) in [4.78, 5) is 0. The number of fused-ring (bicyclic) bond motifs is 2. The molecule has 4 unspecified atom stereocenters. The van der Waals surface area contributed by atoms with Crippen LogP contribution in [0.15, 0.2) is 16.7 Å². The summed E-state index contributed by atoms with van der Waals surface area (Å²) in [6.45, 7) is 5.38. The van der Waals surface area contributed by atoms with Crippen LogP contribution in [0.4, 0.5) is 0 Å². The summed E-state index contributed by atoms with van der Waals surface area (Å²) >= 11 is 0. The van der Waals surface area contributed by atoms with Gasteiger partial charge in [0.1, 0.15) is 5.76 Å². The Balaban J connectivity index is 1.65. The van der Waals surface area contributed by atoms with Gasteiger partial charge in [-0.05, 0) is 69.4 Å². The van der Waals surface area contributed by atoms with Crippen LogP contribution in [0.1, 0.15) is 62.8 Å². The first-order valence-electron chi connectivity index (χ1n) is 8.04. The maximum Gasteiger partial charge on any atom is 0.101 e. The van der Waals surface area contributed by atoms with Crippen molar-refractivity contribution in [2.24, 2.45) is 17.8 Å². The molecule has 0 saturated heterocycles. The molecule has 1 aromatic rings. The van der Waals surface area contributed by atoms with Crippen molar-refractivity contribution in [3.63, 3.8) is 0 Å². The second-order valence-corrected chi connectivity index (χ2v) is 6.67. The highest BCUT2D eigenvalue weighted by atomic mass is 16.3. The van der Waals surface area contributed by atoms with Crippen molar-refractivity contribution >= 4 is 0 Å². The van der Waals surface area contributed by atoms with Crippen molar-refractivity contribution in [3.8, 4) is 0 Å². The Morgan fingerprint density at radius 3 is 2.84 bits per heavy atom. The molecule has 19 heavy (non-hydrogen) atoms. The van der Waals surface area contributed by atoms with E-state index in [9.17, 15) is 0 Å². The van der Waals surface area contributed by atoms with E-state index in [0.29, 0.717) is 6.04 Å². The lowest BCUT2D eigenvalue weighted by atomic mass is 9.83. The molecule has 2 aliphatic carbocycles. The predicted octanol–water partition coefficient (Wildman–Crippen LogP) is 4.46. The predicted molar refractivity (Wildman–Crippen MR) is 78.0 cm³/mol. The SMILES string of the molecule is CCCNC(CC1CC2CCC1C2)c1coc(C)c1. The zero-order chi connectivity index (χ0) is 13.2. The third-order valence-electron chi connectivity index (χ3n) is 5.22. The maximum absolute atomic E-state index is 5.51. The van der Waals surface area contributed by atoms with Crippen molar-refractivity contribution in [2.75, 3.05) is 6.54 Å². The molecule has 0 aromatic carbocycles. The molecule has 106 valence electrons. The molecule has 2 aliphatic rings. The largest absolute Gasteiger partial charge is 0.469 e. The van der Waals surface area contributed by atoms with Crippen LogP contribution in [0, 0.1) is 24.7 Å². The van der Waals surface area contributed by atoms with Gasteiger partial charge >= 0.3 is 0 Å². The molecular formula is C17H27NO. The zero-order valence-corrected chi connectivity index (χ0v) is 12.3. The van der Waals surface area contributed by atoms with Gasteiger partial charge in [0.05, 0.1) is 6.26 Å². The molecule has 2 fully saturated rings. The van der Waals surface area contributed by atoms with E-state index in [0.717, 1.165) is 30.1 Å². The third kappa shape index (κ3) is 2.89. The molecule has 2 heteroatoms. The zero-order valence-electron chi connectivity index (χ0n) is 12.3. The van der Waals surface area contributed by atoms with Crippen molar-refractivity contribution in [2.45, 2.75) is 58.4 Å². The molecule has 2 saturated carbocycles. The Labute approximate surface area is 117 Å². The highest BCUT2D eigenvalue weighted by molar-refractivity contribution is 5.17. The van der Waals surface area contributed by atoms with E-state index < -0.39 is 0 Å². The summed E-state index contributed by atoms with van der Waals surface area (Å²) in [5.41, 5.74) is 1.36. The van der Waals surface area contributed by atoms with Crippen LogP contribution >= 0.6 is 0 Å². The van der Waals surface area contributed by atoms with Crippen molar-refractivity contribution < 1.29 is 4.42 Å². The van der Waals surface area contributed by atoms with Gasteiger partial charge < -0.3 is 9.73 Å². The van der Waals surface area contributed by atoms with Gasteiger partial charge in [-0.3, -0.25) is 0 Å². The Kier molecular flexibility index (Phi) is 3.97. The fourth-order valence-corrected chi connectivity index (χ4v) is 4.27. The summed E-state index contributed by atoms with van der Waals surface area (Å²) < 4.78 is 5.51. The molecule has 2 nitrogen and oxygen atoms in total. The Bertz CT molecular complexity index is 411. The van der Waals surface area contributed by atoms with Gasteiger partial charge in [-0.25, -0.2) is 0 Å². The fourth-order valence-electron chi connectivity index (χ4n) is 4.27. The van der Waals surface area contributed by atoms with E-state index in [4.69, 9.17) is 4.42 Å². The molecule has 2 bridgehead atoms. The normalized spacial score (nSPS) is 30.9. The fraction of sp³-hybridized carbons (Fsp3) is 0.765. The van der Waals surface area contributed by atoms with Crippen LogP contribution in [0.3, 0.4) is 0 Å². The molecule has 3 rings (SSSR count). The third-order valence-corrected chi connectivity index (χ3v) is 5.22. The second-order valence-electron chi connectivity index (χ2n) is 6.67. The van der Waals surface area contributed by atoms with Crippen LogP contribution in [-0.2, 0) is 0 Å². The quantitative estimate of drug-likeness (QED) is 0.818. The van der Waals surface area contributed by atoms with Crippen LogP contribution < -0.4 is 5.32 Å². The Morgan fingerprint density at radius 2 is 2.26 bits per heavy atom. The highest BCUT2D eigenvalue weighted by Crippen LogP contribution is 2.50. The van der Waals surface area contributed by atoms with Gasteiger partial charge in [0.2, 0.25) is 0 Å². The average Bonchev–Trinajstić information content (AvgIpc) is 3.10. The molecule has 0 amide bonds. The lowest BCUT2D eigenvalue weighted by Gasteiger charge is -2.27. The first kappa shape index (κ1) is 13.2. The number of nitrogens with one attached hydrogen (secondary N) is 1. The minimum absolute atomic E-state index is 0.502. The van der Waals surface area contributed by atoms with Gasteiger partial charge in [0, 0.05) is 11.6 Å². The van der Waals surface area contributed by atoms with Crippen LogP contribution in [0.2, 0.25) is 0 Å². The van der Waals surface area contributed by atoms with Crippen molar-refractivity contribution in [1.29, 1.82) is 0 Å². The average molecular weight is 261 g/mol. The molecule has 0 aliphatic heterocycles. The van der Waals surface area contributed by atoms with Crippen LogP contribution in [0.25, 0.3) is 0 Å². The van der Waals surface area contributed by atoms with Gasteiger partial charge in [-0.15, -0.1) is 0 Å². The van der Waals surface area contributed by atoms with E-state index in [1.807, 2.05) is 13.2 Å². The first-order chi connectivity index (χ1) is 9.26. The van der Waals surface area contributed by atoms with Crippen LogP contribution in [0.5, 0.6) is 0 Å². The number of hydrogen-bond donors (Lipinski definition) is 1.